The third kappa shape index (κ3) is 3.10. The molecule has 1 aliphatic heterocycles. The van der Waals surface area contributed by atoms with E-state index in [0.717, 1.165) is 12.8 Å². The van der Waals surface area contributed by atoms with Crippen molar-refractivity contribution >= 4 is 15.9 Å². The van der Waals surface area contributed by atoms with E-state index in [1.807, 2.05) is 6.92 Å². The number of ether oxygens (including phenoxy) is 1. The van der Waals surface area contributed by atoms with Crippen LogP contribution in [0.5, 0.6) is 5.75 Å². The van der Waals surface area contributed by atoms with Crippen molar-refractivity contribution in [2.45, 2.75) is 30.6 Å². The maximum atomic E-state index is 12.1. The summed E-state index contributed by atoms with van der Waals surface area (Å²) in [7, 11) is -3.78. The van der Waals surface area contributed by atoms with Crippen molar-refractivity contribution in [3.8, 4) is 5.75 Å². The molecule has 1 aromatic rings. The van der Waals surface area contributed by atoms with Crippen LogP contribution in [0.1, 0.15) is 31.2 Å². The lowest BCUT2D eigenvalue weighted by atomic mass is 10.0. The molecule has 0 saturated carbocycles. The molecule has 110 valence electrons. The fourth-order valence-electron chi connectivity index (χ4n) is 2.10. The van der Waals surface area contributed by atoms with E-state index < -0.39 is 15.9 Å². The third-order valence-electron chi connectivity index (χ3n) is 3.24. The summed E-state index contributed by atoms with van der Waals surface area (Å²) in [5.41, 5.74) is 0.575. The van der Waals surface area contributed by atoms with E-state index in [1.165, 1.54) is 18.2 Å². The Morgan fingerprint density at radius 1 is 1.50 bits per heavy atom. The van der Waals surface area contributed by atoms with Gasteiger partial charge in [-0.25, -0.2) is 13.6 Å². The number of fused-ring (bicyclic) bond motifs is 1. The molecule has 0 spiro atoms. The molecule has 0 fully saturated rings. The maximum absolute atomic E-state index is 12.1. The number of carbonyl (C=O) groups is 1. The molecule has 3 N–H and O–H groups in total. The molecular formula is C13H18N2O4S. The number of rotatable bonds is 5. The highest BCUT2D eigenvalue weighted by molar-refractivity contribution is 7.89. The van der Waals surface area contributed by atoms with Crippen molar-refractivity contribution in [3.05, 3.63) is 23.8 Å². The van der Waals surface area contributed by atoms with Gasteiger partial charge in [-0.3, -0.25) is 4.79 Å². The van der Waals surface area contributed by atoms with Gasteiger partial charge in [-0.1, -0.05) is 13.3 Å². The Balaban J connectivity index is 2.20. The third-order valence-corrected chi connectivity index (χ3v) is 4.15. The SMILES string of the molecule is CCCCNC(=O)C1COc2ccc(S(N)(=O)=O)cc21. The average Bonchev–Trinajstić information content (AvgIpc) is 2.80. The lowest BCUT2D eigenvalue weighted by Gasteiger charge is -2.10. The van der Waals surface area contributed by atoms with Crippen LogP contribution in [0.4, 0.5) is 0 Å². The van der Waals surface area contributed by atoms with Crippen molar-refractivity contribution in [2.75, 3.05) is 13.2 Å². The minimum absolute atomic E-state index is 0.00638. The van der Waals surface area contributed by atoms with Crippen LogP contribution >= 0.6 is 0 Å². The molecule has 7 heteroatoms. The van der Waals surface area contributed by atoms with Crippen molar-refractivity contribution in [2.24, 2.45) is 5.14 Å². The highest BCUT2D eigenvalue weighted by Crippen LogP contribution is 2.35. The number of sulfonamides is 1. The summed E-state index contributed by atoms with van der Waals surface area (Å²) < 4.78 is 28.1. The first kappa shape index (κ1) is 14.8. The molecule has 0 bridgehead atoms. The Morgan fingerprint density at radius 3 is 2.90 bits per heavy atom. The predicted octanol–water partition coefficient (Wildman–Crippen LogP) is 0.726. The standard InChI is InChI=1S/C13H18N2O4S/c1-2-3-6-15-13(16)11-8-19-12-5-4-9(7-10(11)12)20(14,17)18/h4-5,7,11H,2-3,6,8H2,1H3,(H,15,16)(H2,14,17,18). The molecule has 6 nitrogen and oxygen atoms in total. The fraction of sp³-hybridized carbons (Fsp3) is 0.462. The Bertz CT molecular complexity index is 613. The Labute approximate surface area is 118 Å². The Kier molecular flexibility index (Phi) is 4.29. The van der Waals surface area contributed by atoms with Crippen LogP contribution in [0.2, 0.25) is 0 Å². The van der Waals surface area contributed by atoms with Crippen LogP contribution in [-0.2, 0) is 14.8 Å². The van der Waals surface area contributed by atoms with Crippen molar-refractivity contribution < 1.29 is 17.9 Å². The second-order valence-corrected chi connectivity index (χ2v) is 6.31. The van der Waals surface area contributed by atoms with Gasteiger partial charge in [0.25, 0.3) is 0 Å². The molecule has 1 heterocycles. The minimum atomic E-state index is -3.78. The molecule has 0 aliphatic carbocycles. The quantitative estimate of drug-likeness (QED) is 0.783. The van der Waals surface area contributed by atoms with Crippen LogP contribution in [0.15, 0.2) is 23.1 Å². The molecule has 1 atom stereocenters. The number of hydrogen-bond donors (Lipinski definition) is 2. The molecule has 0 saturated heterocycles. The summed E-state index contributed by atoms with van der Waals surface area (Å²) >= 11 is 0. The average molecular weight is 298 g/mol. The molecule has 20 heavy (non-hydrogen) atoms. The molecule has 1 aliphatic rings. The maximum Gasteiger partial charge on any atom is 0.238 e. The number of hydrogen-bond acceptors (Lipinski definition) is 4. The van der Waals surface area contributed by atoms with E-state index in [4.69, 9.17) is 9.88 Å². The van der Waals surface area contributed by atoms with Gasteiger partial charge in [0.2, 0.25) is 15.9 Å². The zero-order chi connectivity index (χ0) is 14.8. The normalized spacial score (nSPS) is 17.4. The number of unbranched alkanes of at least 4 members (excludes halogenated alkanes) is 1. The van der Waals surface area contributed by atoms with Crippen molar-refractivity contribution in [3.63, 3.8) is 0 Å². The van der Waals surface area contributed by atoms with Gasteiger partial charge in [-0.05, 0) is 24.6 Å². The Hall–Kier alpha value is -1.60. The van der Waals surface area contributed by atoms with Crippen molar-refractivity contribution in [1.82, 2.24) is 5.32 Å². The van der Waals surface area contributed by atoms with Gasteiger partial charge >= 0.3 is 0 Å². The highest BCUT2D eigenvalue weighted by atomic mass is 32.2. The van der Waals surface area contributed by atoms with Gasteiger partial charge in [0.05, 0.1) is 4.90 Å². The highest BCUT2D eigenvalue weighted by Gasteiger charge is 2.31. The largest absolute Gasteiger partial charge is 0.492 e. The number of benzene rings is 1. The molecule has 0 radical (unpaired) electrons. The number of primary sulfonamides is 1. The van der Waals surface area contributed by atoms with E-state index in [2.05, 4.69) is 5.32 Å². The van der Waals surface area contributed by atoms with Crippen LogP contribution in [-0.4, -0.2) is 27.5 Å². The van der Waals surface area contributed by atoms with Gasteiger partial charge in [-0.15, -0.1) is 0 Å². The van der Waals surface area contributed by atoms with Gasteiger partial charge < -0.3 is 10.1 Å². The summed E-state index contributed by atoms with van der Waals surface area (Å²) in [6.45, 7) is 2.87. The molecule has 1 unspecified atom stereocenters. The van der Waals surface area contributed by atoms with Gasteiger partial charge in [0.1, 0.15) is 18.3 Å². The zero-order valence-electron chi connectivity index (χ0n) is 11.3. The van der Waals surface area contributed by atoms with Crippen molar-refractivity contribution in [1.29, 1.82) is 0 Å². The molecule has 1 aromatic carbocycles. The van der Waals surface area contributed by atoms with Crippen LogP contribution in [0.25, 0.3) is 0 Å². The van der Waals surface area contributed by atoms with E-state index >= 15 is 0 Å². The summed E-state index contributed by atoms with van der Waals surface area (Å²) in [5, 5.41) is 7.93. The first-order chi connectivity index (χ1) is 9.43. The molecule has 0 aromatic heterocycles. The smallest absolute Gasteiger partial charge is 0.238 e. The molecule has 1 amide bonds. The Morgan fingerprint density at radius 2 is 2.25 bits per heavy atom. The first-order valence-corrected chi connectivity index (χ1v) is 8.05. The monoisotopic (exact) mass is 298 g/mol. The van der Waals surface area contributed by atoms with Crippen LogP contribution in [0, 0.1) is 0 Å². The molecular weight excluding hydrogens is 280 g/mol. The summed E-state index contributed by atoms with van der Waals surface area (Å²) in [6, 6.07) is 4.33. The summed E-state index contributed by atoms with van der Waals surface area (Å²) in [6.07, 6.45) is 1.90. The lowest BCUT2D eigenvalue weighted by Crippen LogP contribution is -2.31. The van der Waals surface area contributed by atoms with Crippen LogP contribution < -0.4 is 15.2 Å². The number of nitrogens with two attached hydrogens (primary N) is 1. The second kappa shape index (κ2) is 5.80. The molecule has 2 rings (SSSR count). The van der Waals surface area contributed by atoms with Crippen LogP contribution in [0.3, 0.4) is 0 Å². The van der Waals surface area contributed by atoms with E-state index in [-0.39, 0.29) is 17.4 Å². The van der Waals surface area contributed by atoms with Gasteiger partial charge in [-0.2, -0.15) is 0 Å². The summed E-state index contributed by atoms with van der Waals surface area (Å²) in [4.78, 5) is 12.1. The van der Waals surface area contributed by atoms with E-state index in [1.54, 1.807) is 0 Å². The topological polar surface area (TPSA) is 98.5 Å². The number of nitrogens with one attached hydrogen (secondary N) is 1. The zero-order valence-corrected chi connectivity index (χ0v) is 12.1. The van der Waals surface area contributed by atoms with E-state index in [9.17, 15) is 13.2 Å². The minimum Gasteiger partial charge on any atom is -0.492 e. The van der Waals surface area contributed by atoms with Gasteiger partial charge in [0, 0.05) is 12.1 Å². The number of carbonyl (C=O) groups excluding carboxylic acids is 1. The lowest BCUT2D eigenvalue weighted by molar-refractivity contribution is -0.122. The summed E-state index contributed by atoms with van der Waals surface area (Å²) in [5.74, 6) is -0.0969. The number of amides is 1. The fourth-order valence-corrected chi connectivity index (χ4v) is 2.65. The second-order valence-electron chi connectivity index (χ2n) is 4.75. The van der Waals surface area contributed by atoms with Gasteiger partial charge in [0.15, 0.2) is 0 Å². The first-order valence-electron chi connectivity index (χ1n) is 6.50. The predicted molar refractivity (Wildman–Crippen MR) is 74.0 cm³/mol. The van der Waals surface area contributed by atoms with E-state index in [0.29, 0.717) is 17.9 Å².